The first kappa shape index (κ1) is 13.6. The van der Waals surface area contributed by atoms with Crippen LogP contribution in [0.3, 0.4) is 0 Å². The third-order valence-electron chi connectivity index (χ3n) is 3.66. The summed E-state index contributed by atoms with van der Waals surface area (Å²) >= 11 is 3.19. The molecule has 1 atom stereocenters. The first-order chi connectivity index (χ1) is 9.65. The summed E-state index contributed by atoms with van der Waals surface area (Å²) < 4.78 is 13.7. The quantitative estimate of drug-likeness (QED) is 0.807. The maximum atomic E-state index is 13.3. The van der Waals surface area contributed by atoms with Crippen molar-refractivity contribution in [3.8, 4) is 11.4 Å². The van der Waals surface area contributed by atoms with E-state index in [9.17, 15) is 4.39 Å². The molecule has 3 rings (SSSR count). The summed E-state index contributed by atoms with van der Waals surface area (Å²) in [6.45, 7) is 0. The lowest BCUT2D eigenvalue weighted by Gasteiger charge is -2.12. The molecule has 1 unspecified atom stereocenters. The summed E-state index contributed by atoms with van der Waals surface area (Å²) in [6.07, 6.45) is 5.96. The number of hydrogen-bond donors (Lipinski definition) is 1. The molecule has 1 aromatic carbocycles. The number of aromatic nitrogens is 2. The molecular formula is C15H15BrFN3. The van der Waals surface area contributed by atoms with Crippen LogP contribution in [0.2, 0.25) is 0 Å². The zero-order valence-corrected chi connectivity index (χ0v) is 12.5. The molecular weight excluding hydrogens is 321 g/mol. The van der Waals surface area contributed by atoms with Crippen molar-refractivity contribution in [3.05, 3.63) is 45.9 Å². The van der Waals surface area contributed by atoms with Gasteiger partial charge in [-0.05, 0) is 53.4 Å². The highest BCUT2D eigenvalue weighted by molar-refractivity contribution is 9.10. The Balaban J connectivity index is 2.03. The van der Waals surface area contributed by atoms with Gasteiger partial charge in [0.2, 0.25) is 0 Å². The van der Waals surface area contributed by atoms with Gasteiger partial charge in [-0.2, -0.15) is 0 Å². The van der Waals surface area contributed by atoms with Crippen LogP contribution in [-0.4, -0.2) is 9.97 Å². The fraction of sp³-hybridized carbons (Fsp3) is 0.333. The second kappa shape index (κ2) is 5.58. The summed E-state index contributed by atoms with van der Waals surface area (Å²) in [6, 6.07) is 4.84. The van der Waals surface area contributed by atoms with Crippen LogP contribution < -0.4 is 5.73 Å². The molecule has 5 heteroatoms. The number of fused-ring (bicyclic) bond motifs is 1. The summed E-state index contributed by atoms with van der Waals surface area (Å²) in [7, 11) is 0. The van der Waals surface area contributed by atoms with Crippen LogP contribution in [0, 0.1) is 5.82 Å². The summed E-state index contributed by atoms with van der Waals surface area (Å²) in [5, 5.41) is 0. The first-order valence-corrected chi connectivity index (χ1v) is 7.51. The molecule has 0 fully saturated rings. The largest absolute Gasteiger partial charge is 0.324 e. The van der Waals surface area contributed by atoms with Crippen molar-refractivity contribution in [2.24, 2.45) is 5.73 Å². The van der Waals surface area contributed by atoms with E-state index >= 15 is 0 Å². The van der Waals surface area contributed by atoms with Gasteiger partial charge in [-0.15, -0.1) is 0 Å². The predicted octanol–water partition coefficient (Wildman–Crippen LogP) is 3.77. The van der Waals surface area contributed by atoms with Crippen molar-refractivity contribution in [1.29, 1.82) is 0 Å². The van der Waals surface area contributed by atoms with E-state index in [1.54, 1.807) is 12.1 Å². The first-order valence-electron chi connectivity index (χ1n) is 6.72. The molecule has 0 radical (unpaired) electrons. The van der Waals surface area contributed by atoms with Gasteiger partial charge in [0.15, 0.2) is 5.82 Å². The molecule has 0 amide bonds. The normalized spacial score (nSPS) is 18.4. The second-order valence-corrected chi connectivity index (χ2v) is 5.93. The smallest absolute Gasteiger partial charge is 0.159 e. The Morgan fingerprint density at radius 3 is 2.95 bits per heavy atom. The number of rotatable bonds is 1. The number of benzene rings is 1. The van der Waals surface area contributed by atoms with Gasteiger partial charge in [0.1, 0.15) is 5.82 Å². The van der Waals surface area contributed by atoms with E-state index < -0.39 is 0 Å². The minimum atomic E-state index is -0.287. The maximum Gasteiger partial charge on any atom is 0.159 e. The van der Waals surface area contributed by atoms with E-state index in [0.717, 1.165) is 42.5 Å². The van der Waals surface area contributed by atoms with Crippen LogP contribution in [0.25, 0.3) is 11.4 Å². The zero-order valence-electron chi connectivity index (χ0n) is 10.9. The second-order valence-electron chi connectivity index (χ2n) is 5.08. The van der Waals surface area contributed by atoms with E-state index in [1.165, 1.54) is 6.07 Å². The molecule has 0 bridgehead atoms. The molecule has 20 heavy (non-hydrogen) atoms. The lowest BCUT2D eigenvalue weighted by molar-refractivity contribution is 0.614. The van der Waals surface area contributed by atoms with Gasteiger partial charge in [0.05, 0.1) is 4.47 Å². The number of nitrogens with zero attached hydrogens (tertiary/aromatic N) is 2. The minimum Gasteiger partial charge on any atom is -0.324 e. The van der Waals surface area contributed by atoms with Crippen LogP contribution in [0.4, 0.5) is 4.39 Å². The number of nitrogens with two attached hydrogens (primary N) is 1. The van der Waals surface area contributed by atoms with Gasteiger partial charge in [-0.25, -0.2) is 14.4 Å². The Kier molecular flexibility index (Phi) is 3.81. The highest BCUT2D eigenvalue weighted by Crippen LogP contribution is 2.28. The van der Waals surface area contributed by atoms with Crippen molar-refractivity contribution in [3.63, 3.8) is 0 Å². The molecule has 1 aliphatic carbocycles. The maximum absolute atomic E-state index is 13.3. The Labute approximate surface area is 125 Å². The molecule has 3 nitrogen and oxygen atoms in total. The molecule has 1 heterocycles. The van der Waals surface area contributed by atoms with Gasteiger partial charge < -0.3 is 5.73 Å². The molecule has 2 aromatic rings. The molecule has 2 N–H and O–H groups in total. The number of halogens is 2. The molecule has 1 aromatic heterocycles. The number of aryl methyl sites for hydroxylation is 1. The average molecular weight is 336 g/mol. The van der Waals surface area contributed by atoms with E-state index in [4.69, 9.17) is 5.73 Å². The highest BCUT2D eigenvalue weighted by atomic mass is 79.9. The van der Waals surface area contributed by atoms with Gasteiger partial charge in [-0.1, -0.05) is 6.42 Å². The average Bonchev–Trinajstić information content (AvgIpc) is 2.63. The molecule has 0 spiro atoms. The van der Waals surface area contributed by atoms with E-state index in [1.807, 2.05) is 6.20 Å². The van der Waals surface area contributed by atoms with Crippen LogP contribution in [0.5, 0.6) is 0 Å². The SMILES string of the molecule is NC1CCCCc2nc(-c3ccc(F)c(Br)c3)ncc21. The van der Waals surface area contributed by atoms with Gasteiger partial charge in [0, 0.05) is 29.1 Å². The highest BCUT2D eigenvalue weighted by Gasteiger charge is 2.18. The number of hydrogen-bond acceptors (Lipinski definition) is 3. The summed E-state index contributed by atoms with van der Waals surface area (Å²) in [4.78, 5) is 9.02. The molecule has 0 saturated heterocycles. The predicted molar refractivity (Wildman–Crippen MR) is 79.6 cm³/mol. The van der Waals surface area contributed by atoms with Crippen molar-refractivity contribution < 1.29 is 4.39 Å². The zero-order chi connectivity index (χ0) is 14.1. The molecule has 1 aliphatic rings. The molecule has 104 valence electrons. The fourth-order valence-corrected chi connectivity index (χ4v) is 2.90. The standard InChI is InChI=1S/C15H15BrFN3/c16-11-7-9(5-6-12(11)17)15-19-8-10-13(18)3-1-2-4-14(10)20-15/h5-8,13H,1-4,18H2. The molecule has 0 saturated carbocycles. The Morgan fingerprint density at radius 2 is 2.15 bits per heavy atom. The Morgan fingerprint density at radius 1 is 1.30 bits per heavy atom. The monoisotopic (exact) mass is 335 g/mol. The van der Waals surface area contributed by atoms with E-state index in [2.05, 4.69) is 25.9 Å². The van der Waals surface area contributed by atoms with Crippen molar-refractivity contribution in [1.82, 2.24) is 9.97 Å². The molecule has 0 aliphatic heterocycles. The lowest BCUT2D eigenvalue weighted by Crippen LogP contribution is -2.12. The van der Waals surface area contributed by atoms with Crippen molar-refractivity contribution in [2.45, 2.75) is 31.7 Å². The van der Waals surface area contributed by atoms with E-state index in [-0.39, 0.29) is 11.9 Å². The third kappa shape index (κ3) is 2.60. The van der Waals surface area contributed by atoms with Crippen LogP contribution in [0.15, 0.2) is 28.9 Å². The fourth-order valence-electron chi connectivity index (χ4n) is 2.52. The van der Waals surface area contributed by atoms with Crippen molar-refractivity contribution >= 4 is 15.9 Å². The van der Waals surface area contributed by atoms with Crippen LogP contribution in [0.1, 0.15) is 36.6 Å². The Hall–Kier alpha value is -1.33. The van der Waals surface area contributed by atoms with Crippen LogP contribution >= 0.6 is 15.9 Å². The van der Waals surface area contributed by atoms with Gasteiger partial charge in [0.25, 0.3) is 0 Å². The summed E-state index contributed by atoms with van der Waals surface area (Å²) in [5.41, 5.74) is 9.02. The van der Waals surface area contributed by atoms with Crippen LogP contribution in [-0.2, 0) is 6.42 Å². The topological polar surface area (TPSA) is 51.8 Å². The van der Waals surface area contributed by atoms with E-state index in [0.29, 0.717) is 10.3 Å². The third-order valence-corrected chi connectivity index (χ3v) is 4.26. The van der Waals surface area contributed by atoms with Gasteiger partial charge >= 0.3 is 0 Å². The Bertz CT molecular complexity index is 645. The summed E-state index contributed by atoms with van der Waals surface area (Å²) in [5.74, 6) is 0.337. The van der Waals surface area contributed by atoms with Crippen molar-refractivity contribution in [2.75, 3.05) is 0 Å². The lowest BCUT2D eigenvalue weighted by atomic mass is 10.1. The van der Waals surface area contributed by atoms with Gasteiger partial charge in [-0.3, -0.25) is 0 Å². The minimum absolute atomic E-state index is 0.0292.